The second kappa shape index (κ2) is 8.27. The minimum atomic E-state index is -4.75. The Hall–Kier alpha value is -1.47. The summed E-state index contributed by atoms with van der Waals surface area (Å²) in [5.74, 6) is -0.786. The molecule has 27 heavy (non-hydrogen) atoms. The number of halogens is 2. The summed E-state index contributed by atoms with van der Waals surface area (Å²) < 4.78 is 13.7. The number of hydrogen-bond donors (Lipinski definition) is 3. The predicted octanol–water partition coefficient (Wildman–Crippen LogP) is 5.32. The molecule has 9 heteroatoms. The van der Waals surface area contributed by atoms with Crippen LogP contribution >= 0.6 is 46.5 Å². The molecule has 1 heterocycles. The number of amides is 1. The van der Waals surface area contributed by atoms with Crippen LogP contribution in [0, 0.1) is 0 Å². The zero-order valence-corrected chi connectivity index (χ0v) is 17.7. The van der Waals surface area contributed by atoms with Gasteiger partial charge in [-0.25, -0.2) is 0 Å². The second-order valence-electron chi connectivity index (χ2n) is 5.69. The molecule has 1 amide bonds. The highest BCUT2D eigenvalue weighted by Gasteiger charge is 2.38. The van der Waals surface area contributed by atoms with Crippen LogP contribution in [0.2, 0.25) is 5.02 Å². The lowest BCUT2D eigenvalue weighted by Gasteiger charge is -2.17. The predicted molar refractivity (Wildman–Crippen MR) is 113 cm³/mol. The van der Waals surface area contributed by atoms with Gasteiger partial charge in [0, 0.05) is 20.4 Å². The summed E-state index contributed by atoms with van der Waals surface area (Å²) >= 11 is 10.7. The van der Waals surface area contributed by atoms with Gasteiger partial charge in [-0.2, -0.15) is 0 Å². The van der Waals surface area contributed by atoms with E-state index < -0.39 is 19.2 Å². The van der Waals surface area contributed by atoms with Gasteiger partial charge in [0.1, 0.15) is 0 Å². The Balaban J connectivity index is 1.91. The fourth-order valence-electron chi connectivity index (χ4n) is 2.61. The molecule has 5 nitrogen and oxygen atoms in total. The molecule has 1 atom stereocenters. The Morgan fingerprint density at radius 2 is 2.00 bits per heavy atom. The lowest BCUT2D eigenvalue weighted by molar-refractivity contribution is -0.120. The Labute approximate surface area is 173 Å². The van der Waals surface area contributed by atoms with Crippen LogP contribution in [-0.2, 0) is 9.36 Å². The first kappa shape index (κ1) is 20.3. The maximum absolute atomic E-state index is 12.6. The number of carbonyl (C=O) groups excluding carboxylic acids is 1. The highest BCUT2D eigenvalue weighted by molar-refractivity contribution is 9.10. The molecule has 3 rings (SSSR count). The Morgan fingerprint density at radius 3 is 2.70 bits per heavy atom. The average Bonchev–Trinajstić information content (AvgIpc) is 2.98. The lowest BCUT2D eigenvalue weighted by atomic mass is 10.1. The number of fused-ring (bicyclic) bond motifs is 1. The first-order valence-electron chi connectivity index (χ1n) is 7.70. The van der Waals surface area contributed by atoms with Crippen molar-refractivity contribution in [1.82, 2.24) is 5.32 Å². The third-order valence-electron chi connectivity index (χ3n) is 3.84. The van der Waals surface area contributed by atoms with Gasteiger partial charge in [0.2, 0.25) is 5.91 Å². The average molecular weight is 487 g/mol. The van der Waals surface area contributed by atoms with Crippen molar-refractivity contribution in [1.29, 1.82) is 0 Å². The molecule has 3 N–H and O–H groups in total. The van der Waals surface area contributed by atoms with Crippen molar-refractivity contribution in [2.75, 3.05) is 0 Å². The van der Waals surface area contributed by atoms with Gasteiger partial charge in [-0.3, -0.25) is 9.36 Å². The van der Waals surface area contributed by atoms with E-state index in [1.807, 2.05) is 24.3 Å². The van der Waals surface area contributed by atoms with E-state index in [0.717, 1.165) is 14.7 Å². The standard InChI is InChI=1S/C18H14BrClNO4PS/c19-15-4-2-1-3-11(15)7-8-21-18(22)17(26(23,24)25)14-10-27-16-6-5-12(20)9-13(14)16/h1-10,17H,(H,21,22)(H2,23,24,25). The molecule has 1 aromatic heterocycles. The van der Waals surface area contributed by atoms with Gasteiger partial charge in [0.15, 0.2) is 5.66 Å². The molecule has 0 aliphatic heterocycles. The fraction of sp³-hybridized carbons (Fsp3) is 0.0556. The minimum Gasteiger partial charge on any atom is -0.332 e. The second-order valence-corrected chi connectivity index (χ2v) is 9.58. The topological polar surface area (TPSA) is 86.6 Å². The van der Waals surface area contributed by atoms with Crippen LogP contribution in [-0.4, -0.2) is 15.7 Å². The van der Waals surface area contributed by atoms with Crippen LogP contribution in [0.1, 0.15) is 16.8 Å². The molecule has 0 aliphatic rings. The molecule has 0 saturated heterocycles. The smallest absolute Gasteiger partial charge is 0.332 e. The van der Waals surface area contributed by atoms with Crippen LogP contribution in [0.15, 0.2) is 58.5 Å². The zero-order valence-electron chi connectivity index (χ0n) is 13.7. The summed E-state index contributed by atoms with van der Waals surface area (Å²) in [6.07, 6.45) is 3.01. The summed E-state index contributed by atoms with van der Waals surface area (Å²) in [4.78, 5) is 32.2. The van der Waals surface area contributed by atoms with Gasteiger partial charge in [0.25, 0.3) is 0 Å². The first-order valence-corrected chi connectivity index (χ1v) is 11.4. The van der Waals surface area contributed by atoms with Crippen molar-refractivity contribution >= 4 is 68.5 Å². The summed E-state index contributed by atoms with van der Waals surface area (Å²) in [7, 11) is -4.75. The number of benzene rings is 2. The SMILES string of the molecule is O=C(NC=Cc1ccccc1Br)C(c1csc2ccc(Cl)cc12)P(=O)(O)O. The fourth-order valence-corrected chi connectivity index (χ4v) is 5.22. The molecular formula is C18H14BrClNO4PS. The van der Waals surface area contributed by atoms with Gasteiger partial charge in [-0.1, -0.05) is 45.7 Å². The van der Waals surface area contributed by atoms with Crippen LogP contribution in [0.25, 0.3) is 16.2 Å². The summed E-state index contributed by atoms with van der Waals surface area (Å²) in [6, 6.07) is 12.4. The van der Waals surface area contributed by atoms with Crippen LogP contribution in [0.5, 0.6) is 0 Å². The summed E-state index contributed by atoms with van der Waals surface area (Å²) in [5, 5.41) is 5.05. The molecular weight excluding hydrogens is 473 g/mol. The van der Waals surface area contributed by atoms with Gasteiger partial charge < -0.3 is 15.1 Å². The van der Waals surface area contributed by atoms with Gasteiger partial charge in [-0.15, -0.1) is 11.3 Å². The third kappa shape index (κ3) is 4.69. The Bertz CT molecular complexity index is 1080. The summed E-state index contributed by atoms with van der Waals surface area (Å²) in [5.41, 5.74) is -0.537. The van der Waals surface area contributed by atoms with E-state index in [9.17, 15) is 19.1 Å². The van der Waals surface area contributed by atoms with Crippen molar-refractivity contribution in [3.05, 3.63) is 74.7 Å². The highest BCUT2D eigenvalue weighted by Crippen LogP contribution is 2.54. The zero-order chi connectivity index (χ0) is 19.6. The molecule has 0 bridgehead atoms. The van der Waals surface area contributed by atoms with E-state index in [1.165, 1.54) is 17.5 Å². The third-order valence-corrected chi connectivity index (χ3v) is 6.96. The molecule has 0 saturated carbocycles. The van der Waals surface area contributed by atoms with E-state index in [0.29, 0.717) is 10.4 Å². The molecule has 140 valence electrons. The van der Waals surface area contributed by atoms with Gasteiger partial charge in [0.05, 0.1) is 0 Å². The largest absolute Gasteiger partial charge is 0.342 e. The van der Waals surface area contributed by atoms with Crippen molar-refractivity contribution in [2.45, 2.75) is 5.66 Å². The maximum atomic E-state index is 12.6. The summed E-state index contributed by atoms with van der Waals surface area (Å²) in [6.45, 7) is 0. The van der Waals surface area contributed by atoms with E-state index in [-0.39, 0.29) is 5.56 Å². The van der Waals surface area contributed by atoms with Crippen LogP contribution in [0.3, 0.4) is 0 Å². The van der Waals surface area contributed by atoms with E-state index >= 15 is 0 Å². The molecule has 3 aromatic rings. The number of rotatable bonds is 5. The normalized spacial score (nSPS) is 13.2. The maximum Gasteiger partial charge on any atom is 0.342 e. The minimum absolute atomic E-state index is 0.262. The number of hydrogen-bond acceptors (Lipinski definition) is 3. The molecule has 0 aliphatic carbocycles. The van der Waals surface area contributed by atoms with Crippen LogP contribution < -0.4 is 5.32 Å². The lowest BCUT2D eigenvalue weighted by Crippen LogP contribution is -2.25. The van der Waals surface area contributed by atoms with Crippen molar-refractivity contribution in [3.8, 4) is 0 Å². The van der Waals surface area contributed by atoms with Gasteiger partial charge >= 0.3 is 7.60 Å². The first-order chi connectivity index (χ1) is 12.8. The van der Waals surface area contributed by atoms with E-state index in [2.05, 4.69) is 21.2 Å². The molecule has 0 radical (unpaired) electrons. The van der Waals surface area contributed by atoms with Gasteiger partial charge in [-0.05, 0) is 52.2 Å². The monoisotopic (exact) mass is 485 g/mol. The number of carbonyl (C=O) groups is 1. The quantitative estimate of drug-likeness (QED) is 0.426. The number of nitrogens with one attached hydrogen (secondary N) is 1. The van der Waals surface area contributed by atoms with E-state index in [4.69, 9.17) is 11.6 Å². The van der Waals surface area contributed by atoms with Crippen LogP contribution in [0.4, 0.5) is 0 Å². The molecule has 2 aromatic carbocycles. The van der Waals surface area contributed by atoms with Crippen molar-refractivity contribution < 1.29 is 19.1 Å². The highest BCUT2D eigenvalue weighted by atomic mass is 79.9. The Morgan fingerprint density at radius 1 is 1.26 bits per heavy atom. The Kier molecular flexibility index (Phi) is 6.21. The van der Waals surface area contributed by atoms with Crippen molar-refractivity contribution in [2.24, 2.45) is 0 Å². The molecule has 1 unspecified atom stereocenters. The number of thiophene rings is 1. The molecule has 0 spiro atoms. The van der Waals surface area contributed by atoms with E-state index in [1.54, 1.807) is 29.7 Å². The molecule has 0 fully saturated rings. The van der Waals surface area contributed by atoms with Crippen molar-refractivity contribution in [3.63, 3.8) is 0 Å².